The van der Waals surface area contributed by atoms with Gasteiger partial charge in [0.1, 0.15) is 0 Å². The van der Waals surface area contributed by atoms with Gasteiger partial charge in [-0.05, 0) is 32.0 Å². The fraction of sp³-hybridized carbons (Fsp3) is 0.333. The molecule has 33 heavy (non-hydrogen) atoms. The molecule has 0 saturated carbocycles. The molecule has 1 aliphatic heterocycles. The Morgan fingerprint density at radius 2 is 1.82 bits per heavy atom. The van der Waals surface area contributed by atoms with Crippen LogP contribution in [0.5, 0.6) is 5.88 Å². The predicted octanol–water partition coefficient (Wildman–Crippen LogP) is 4.27. The van der Waals surface area contributed by atoms with Crippen molar-refractivity contribution < 1.29 is 23.2 Å². The van der Waals surface area contributed by atoms with E-state index in [9.17, 15) is 23.6 Å². The molecule has 1 aliphatic rings. The van der Waals surface area contributed by atoms with Gasteiger partial charge in [0.2, 0.25) is 15.9 Å². The largest absolute Gasteiger partial charge is 0.493 e. The molecule has 0 aliphatic carbocycles. The number of nitro benzene ring substituents is 1. The van der Waals surface area contributed by atoms with Crippen molar-refractivity contribution in [1.29, 1.82) is 0 Å². The SMILES string of the molecule is CC(C)n1c(O)c(N=Nc2ccc(S(=O)(=O)N3CCOCC3)cc2[N+](=O)[O-])c2ccccc21. The van der Waals surface area contributed by atoms with E-state index in [0.29, 0.717) is 5.39 Å². The Labute approximate surface area is 190 Å². The average molecular weight is 474 g/mol. The summed E-state index contributed by atoms with van der Waals surface area (Å²) in [5, 5.41) is 31.1. The summed E-state index contributed by atoms with van der Waals surface area (Å²) in [6, 6.07) is 10.7. The van der Waals surface area contributed by atoms with Crippen molar-refractivity contribution in [2.45, 2.75) is 24.8 Å². The lowest BCUT2D eigenvalue weighted by Crippen LogP contribution is -2.40. The Balaban J connectivity index is 1.75. The quantitative estimate of drug-likeness (QED) is 0.322. The molecule has 1 saturated heterocycles. The van der Waals surface area contributed by atoms with Gasteiger partial charge in [0, 0.05) is 30.6 Å². The highest BCUT2D eigenvalue weighted by molar-refractivity contribution is 7.89. The zero-order chi connectivity index (χ0) is 23.8. The zero-order valence-electron chi connectivity index (χ0n) is 18.1. The minimum absolute atomic E-state index is 0.0575. The molecule has 0 amide bonds. The minimum atomic E-state index is -3.91. The van der Waals surface area contributed by atoms with E-state index in [-0.39, 0.29) is 54.5 Å². The second-order valence-electron chi connectivity index (χ2n) is 7.78. The second kappa shape index (κ2) is 8.89. The molecule has 3 aromatic rings. The molecule has 4 rings (SSSR count). The van der Waals surface area contributed by atoms with Crippen LogP contribution < -0.4 is 0 Å². The third-order valence-electron chi connectivity index (χ3n) is 5.38. The molecule has 1 N–H and O–H groups in total. The van der Waals surface area contributed by atoms with Gasteiger partial charge in [-0.15, -0.1) is 10.2 Å². The van der Waals surface area contributed by atoms with Gasteiger partial charge in [-0.25, -0.2) is 8.42 Å². The number of aromatic nitrogens is 1. The van der Waals surface area contributed by atoms with Crippen molar-refractivity contribution in [3.8, 4) is 5.88 Å². The number of hydrogen-bond acceptors (Lipinski definition) is 8. The van der Waals surface area contributed by atoms with Crippen molar-refractivity contribution in [3.05, 3.63) is 52.6 Å². The van der Waals surface area contributed by atoms with E-state index in [2.05, 4.69) is 10.2 Å². The standard InChI is InChI=1S/C21H23N5O6S/c1-14(2)25-18-6-4-3-5-16(18)20(21(25)27)23-22-17-8-7-15(13-19(17)26(28)29)33(30,31)24-9-11-32-12-10-24/h3-8,13-14,27H,9-12H2,1-2H3. The smallest absolute Gasteiger partial charge is 0.298 e. The van der Waals surface area contributed by atoms with E-state index in [0.717, 1.165) is 11.6 Å². The van der Waals surface area contributed by atoms with Gasteiger partial charge in [-0.3, -0.25) is 10.1 Å². The number of fused-ring (bicyclic) bond motifs is 1. The van der Waals surface area contributed by atoms with E-state index in [4.69, 9.17) is 4.74 Å². The maximum absolute atomic E-state index is 12.9. The number of para-hydroxylation sites is 1. The van der Waals surface area contributed by atoms with Gasteiger partial charge in [0.15, 0.2) is 11.4 Å². The summed E-state index contributed by atoms with van der Waals surface area (Å²) in [7, 11) is -3.91. The maximum atomic E-state index is 12.9. The van der Waals surface area contributed by atoms with Crippen LogP contribution in [0.4, 0.5) is 17.1 Å². The second-order valence-corrected chi connectivity index (χ2v) is 9.72. The third-order valence-corrected chi connectivity index (χ3v) is 7.28. The number of hydrogen-bond donors (Lipinski definition) is 1. The normalized spacial score (nSPS) is 15.6. The van der Waals surface area contributed by atoms with Crippen LogP contribution in [0.15, 0.2) is 57.6 Å². The topological polar surface area (TPSA) is 140 Å². The zero-order valence-corrected chi connectivity index (χ0v) is 18.9. The number of ether oxygens (including phenoxy) is 1. The van der Waals surface area contributed by atoms with Gasteiger partial charge < -0.3 is 14.4 Å². The molecule has 12 heteroatoms. The number of nitrogens with zero attached hydrogens (tertiary/aromatic N) is 5. The maximum Gasteiger partial charge on any atom is 0.298 e. The summed E-state index contributed by atoms with van der Waals surface area (Å²) in [6.45, 7) is 4.70. The van der Waals surface area contributed by atoms with Crippen molar-refractivity contribution in [2.24, 2.45) is 10.2 Å². The van der Waals surface area contributed by atoms with Crippen molar-refractivity contribution in [1.82, 2.24) is 8.87 Å². The summed E-state index contributed by atoms with van der Waals surface area (Å²) in [5.41, 5.74) is 0.306. The third kappa shape index (κ3) is 4.19. The lowest BCUT2D eigenvalue weighted by atomic mass is 10.2. The first kappa shape index (κ1) is 22.8. The number of azo groups is 1. The molecule has 1 aromatic heterocycles. The number of rotatable bonds is 6. The van der Waals surface area contributed by atoms with Crippen molar-refractivity contribution in [3.63, 3.8) is 0 Å². The van der Waals surface area contributed by atoms with E-state index < -0.39 is 20.6 Å². The van der Waals surface area contributed by atoms with E-state index >= 15 is 0 Å². The van der Waals surface area contributed by atoms with Crippen LogP contribution in [0.1, 0.15) is 19.9 Å². The Hall–Kier alpha value is -3.35. The lowest BCUT2D eigenvalue weighted by Gasteiger charge is -2.25. The van der Waals surface area contributed by atoms with Gasteiger partial charge in [0.05, 0.1) is 28.5 Å². The van der Waals surface area contributed by atoms with Gasteiger partial charge in [-0.2, -0.15) is 4.31 Å². The molecule has 2 aromatic carbocycles. The highest BCUT2D eigenvalue weighted by atomic mass is 32.2. The first-order valence-electron chi connectivity index (χ1n) is 10.3. The van der Waals surface area contributed by atoms with Crippen molar-refractivity contribution >= 4 is 38.0 Å². The molecule has 0 spiro atoms. The summed E-state index contributed by atoms with van der Waals surface area (Å²) >= 11 is 0. The molecule has 0 radical (unpaired) electrons. The Bertz CT molecular complexity index is 1340. The van der Waals surface area contributed by atoms with E-state index in [1.54, 1.807) is 16.7 Å². The average Bonchev–Trinajstić information content (AvgIpc) is 3.09. The molecular formula is C21H23N5O6S. The molecule has 11 nitrogen and oxygen atoms in total. The molecule has 2 heterocycles. The Morgan fingerprint density at radius 1 is 1.12 bits per heavy atom. The summed E-state index contributed by atoms with van der Waals surface area (Å²) in [4.78, 5) is 10.8. The monoisotopic (exact) mass is 473 g/mol. The summed E-state index contributed by atoms with van der Waals surface area (Å²) in [6.07, 6.45) is 0. The number of aromatic hydroxyl groups is 1. The van der Waals surface area contributed by atoms with Crippen molar-refractivity contribution in [2.75, 3.05) is 26.3 Å². The van der Waals surface area contributed by atoms with E-state index in [1.807, 2.05) is 26.0 Å². The highest BCUT2D eigenvalue weighted by Gasteiger charge is 2.29. The van der Waals surface area contributed by atoms with Crippen LogP contribution in [0.25, 0.3) is 10.9 Å². The Morgan fingerprint density at radius 3 is 2.48 bits per heavy atom. The first-order chi connectivity index (χ1) is 15.7. The summed E-state index contributed by atoms with van der Waals surface area (Å²) < 4.78 is 33.8. The fourth-order valence-corrected chi connectivity index (χ4v) is 5.22. The van der Waals surface area contributed by atoms with Crippen LogP contribution in [-0.4, -0.2) is 53.6 Å². The molecule has 0 bridgehead atoms. The molecule has 0 unspecified atom stereocenters. The van der Waals surface area contributed by atoms with Crippen LogP contribution in [0.2, 0.25) is 0 Å². The van der Waals surface area contributed by atoms with Crippen LogP contribution >= 0.6 is 0 Å². The number of nitro groups is 1. The minimum Gasteiger partial charge on any atom is -0.493 e. The fourth-order valence-electron chi connectivity index (χ4n) is 3.79. The van der Waals surface area contributed by atoms with Crippen LogP contribution in [0, 0.1) is 10.1 Å². The Kier molecular flexibility index (Phi) is 6.15. The number of benzene rings is 2. The molecule has 174 valence electrons. The van der Waals surface area contributed by atoms with Crippen LogP contribution in [-0.2, 0) is 14.8 Å². The first-order valence-corrected chi connectivity index (χ1v) is 11.8. The highest BCUT2D eigenvalue weighted by Crippen LogP contribution is 2.42. The molecular weight excluding hydrogens is 450 g/mol. The van der Waals surface area contributed by atoms with Gasteiger partial charge >= 0.3 is 0 Å². The number of morpholine rings is 1. The van der Waals surface area contributed by atoms with Gasteiger partial charge in [0.25, 0.3) is 5.69 Å². The van der Waals surface area contributed by atoms with Crippen LogP contribution in [0.3, 0.4) is 0 Å². The van der Waals surface area contributed by atoms with Gasteiger partial charge in [-0.1, -0.05) is 18.2 Å². The molecule has 1 fully saturated rings. The molecule has 0 atom stereocenters. The van der Waals surface area contributed by atoms with E-state index in [1.165, 1.54) is 16.4 Å². The summed E-state index contributed by atoms with van der Waals surface area (Å²) in [5.74, 6) is -0.107. The predicted molar refractivity (Wildman–Crippen MR) is 121 cm³/mol. The number of sulfonamides is 1. The lowest BCUT2D eigenvalue weighted by molar-refractivity contribution is -0.384.